The van der Waals surface area contributed by atoms with Gasteiger partial charge in [-0.05, 0) is 32.9 Å². The van der Waals surface area contributed by atoms with E-state index in [4.69, 9.17) is 4.74 Å². The van der Waals surface area contributed by atoms with E-state index >= 15 is 0 Å². The Morgan fingerprint density at radius 2 is 1.86 bits per heavy atom. The first-order valence-corrected chi connectivity index (χ1v) is 6.39. The summed E-state index contributed by atoms with van der Waals surface area (Å²) < 4.78 is 42.9. The number of hydrogen-bond acceptors (Lipinski definition) is 4. The molecule has 2 rings (SSSR count). The van der Waals surface area contributed by atoms with Crippen molar-refractivity contribution in [1.82, 2.24) is 15.3 Å². The van der Waals surface area contributed by atoms with Crippen LogP contribution in [0.25, 0.3) is 11.0 Å². The molecule has 1 aromatic heterocycles. The van der Waals surface area contributed by atoms with Crippen LogP contribution in [0.15, 0.2) is 24.4 Å². The van der Waals surface area contributed by atoms with Crippen LogP contribution >= 0.6 is 0 Å². The lowest BCUT2D eigenvalue weighted by Crippen LogP contribution is -2.42. The number of nitrogens with zero attached hydrogens (tertiary/aromatic N) is 2. The largest absolute Gasteiger partial charge is 0.434 e. The number of fused-ring (bicyclic) bond motifs is 1. The molecule has 0 fully saturated rings. The van der Waals surface area contributed by atoms with Gasteiger partial charge in [0.1, 0.15) is 5.75 Å². The third-order valence-corrected chi connectivity index (χ3v) is 2.49. The van der Waals surface area contributed by atoms with Gasteiger partial charge >= 0.3 is 12.3 Å². The first kappa shape index (κ1) is 16.0. The molecular weight excluding hydrogens is 299 g/mol. The molecule has 0 saturated carbocycles. The zero-order valence-electron chi connectivity index (χ0n) is 12.2. The highest BCUT2D eigenvalue weighted by Crippen LogP contribution is 2.28. The predicted octanol–water partition coefficient (Wildman–Crippen LogP) is 3.54. The number of halogens is 3. The van der Waals surface area contributed by atoms with Crippen molar-refractivity contribution < 1.29 is 22.7 Å². The minimum atomic E-state index is -4.58. The molecule has 8 heteroatoms. The Bertz CT molecular complexity index is 709. The Hall–Kier alpha value is -2.38. The molecule has 5 nitrogen and oxygen atoms in total. The van der Waals surface area contributed by atoms with E-state index in [9.17, 15) is 18.0 Å². The summed E-state index contributed by atoms with van der Waals surface area (Å²) in [5.74, 6) is 0.0860. The van der Waals surface area contributed by atoms with E-state index in [1.807, 2.05) is 0 Å². The van der Waals surface area contributed by atoms with Gasteiger partial charge in [0, 0.05) is 11.6 Å². The third kappa shape index (κ3) is 4.06. The lowest BCUT2D eigenvalue weighted by molar-refractivity contribution is -0.141. The molecule has 0 atom stereocenters. The molecule has 0 unspecified atom stereocenters. The maximum absolute atomic E-state index is 12.6. The Balaban J connectivity index is 2.27. The van der Waals surface area contributed by atoms with Gasteiger partial charge in [-0.1, -0.05) is 0 Å². The van der Waals surface area contributed by atoms with Crippen molar-refractivity contribution in [3.63, 3.8) is 0 Å². The maximum atomic E-state index is 12.6. The van der Waals surface area contributed by atoms with Crippen LogP contribution < -0.4 is 10.1 Å². The fraction of sp³-hybridized carbons (Fsp3) is 0.357. The van der Waals surface area contributed by atoms with Crippen molar-refractivity contribution in [2.75, 3.05) is 0 Å². The van der Waals surface area contributed by atoms with E-state index in [0.29, 0.717) is 6.20 Å². The first-order valence-electron chi connectivity index (χ1n) is 6.39. The number of rotatable bonds is 1. The Kier molecular flexibility index (Phi) is 3.95. The Labute approximate surface area is 124 Å². The summed E-state index contributed by atoms with van der Waals surface area (Å²) in [5, 5.41) is 2.57. The average molecular weight is 313 g/mol. The number of nitrogens with one attached hydrogen (secondary N) is 1. The Morgan fingerprint density at radius 3 is 2.45 bits per heavy atom. The lowest BCUT2D eigenvalue weighted by Gasteiger charge is -2.19. The van der Waals surface area contributed by atoms with Crippen molar-refractivity contribution in [1.29, 1.82) is 0 Å². The van der Waals surface area contributed by atoms with E-state index in [1.54, 1.807) is 20.8 Å². The molecule has 0 radical (unpaired) electrons. The highest BCUT2D eigenvalue weighted by atomic mass is 19.4. The SMILES string of the molecule is CC(C)(C)NC(=O)Oc1ccc2ncc(C(F)(F)F)nc2c1. The zero-order chi connectivity index (χ0) is 16.5. The first-order chi connectivity index (χ1) is 10.0. The van der Waals surface area contributed by atoms with E-state index in [2.05, 4.69) is 15.3 Å². The van der Waals surface area contributed by atoms with Crippen LogP contribution in [0, 0.1) is 0 Å². The number of hydrogen-bond donors (Lipinski definition) is 1. The Morgan fingerprint density at radius 1 is 1.18 bits per heavy atom. The van der Waals surface area contributed by atoms with Crippen molar-refractivity contribution in [2.24, 2.45) is 0 Å². The van der Waals surface area contributed by atoms with Crippen LogP contribution in [0.5, 0.6) is 5.75 Å². The second-order valence-electron chi connectivity index (χ2n) is 5.67. The van der Waals surface area contributed by atoms with Crippen LogP contribution in [0.1, 0.15) is 26.5 Å². The van der Waals surface area contributed by atoms with Crippen molar-refractivity contribution in [3.05, 3.63) is 30.1 Å². The van der Waals surface area contributed by atoms with Crippen LogP contribution in [-0.2, 0) is 6.18 Å². The summed E-state index contributed by atoms with van der Waals surface area (Å²) in [6.45, 7) is 5.32. The molecule has 0 saturated heterocycles. The van der Waals surface area contributed by atoms with Gasteiger partial charge in [-0.15, -0.1) is 0 Å². The lowest BCUT2D eigenvalue weighted by atomic mass is 10.1. The van der Waals surface area contributed by atoms with Gasteiger partial charge in [-0.25, -0.2) is 9.78 Å². The van der Waals surface area contributed by atoms with Gasteiger partial charge < -0.3 is 10.1 Å². The number of carbonyl (C=O) groups excluding carboxylic acids is 1. The number of ether oxygens (including phenoxy) is 1. The second-order valence-corrected chi connectivity index (χ2v) is 5.67. The van der Waals surface area contributed by atoms with Gasteiger partial charge in [0.15, 0.2) is 5.69 Å². The maximum Gasteiger partial charge on any atom is 0.434 e. The summed E-state index contributed by atoms with van der Waals surface area (Å²) in [5.41, 5.74) is -1.32. The summed E-state index contributed by atoms with van der Waals surface area (Å²) in [4.78, 5) is 18.8. The quantitative estimate of drug-likeness (QED) is 0.874. The molecule has 2 aromatic rings. The summed E-state index contributed by atoms with van der Waals surface area (Å²) in [7, 11) is 0. The molecule has 0 spiro atoms. The summed E-state index contributed by atoms with van der Waals surface area (Å²) in [6, 6.07) is 4.11. The van der Waals surface area contributed by atoms with E-state index in [0.717, 1.165) is 0 Å². The van der Waals surface area contributed by atoms with Crippen LogP contribution in [0.3, 0.4) is 0 Å². The monoisotopic (exact) mass is 313 g/mol. The summed E-state index contributed by atoms with van der Waals surface area (Å²) in [6.07, 6.45) is -4.62. The number of carbonyl (C=O) groups is 1. The fourth-order valence-corrected chi connectivity index (χ4v) is 1.63. The molecule has 0 aliphatic carbocycles. The minimum absolute atomic E-state index is 0.00381. The molecule has 118 valence electrons. The highest BCUT2D eigenvalue weighted by molar-refractivity contribution is 5.78. The minimum Gasteiger partial charge on any atom is -0.410 e. The van der Waals surface area contributed by atoms with Gasteiger partial charge in [0.25, 0.3) is 0 Å². The molecule has 22 heavy (non-hydrogen) atoms. The standard InChI is InChI=1S/C14H14F3N3O2/c1-13(2,3)20-12(21)22-8-4-5-9-10(6-8)19-11(7-18-9)14(15,16)17/h4-7H,1-3H3,(H,20,21). The molecule has 1 amide bonds. The van der Waals surface area contributed by atoms with E-state index in [-0.39, 0.29) is 16.8 Å². The molecular formula is C14H14F3N3O2. The smallest absolute Gasteiger partial charge is 0.410 e. The van der Waals surface area contributed by atoms with Gasteiger partial charge in [-0.2, -0.15) is 13.2 Å². The summed E-state index contributed by atoms with van der Waals surface area (Å²) >= 11 is 0. The molecule has 0 aliphatic heterocycles. The van der Waals surface area contributed by atoms with Crippen molar-refractivity contribution >= 4 is 17.1 Å². The molecule has 1 heterocycles. The van der Waals surface area contributed by atoms with E-state index in [1.165, 1.54) is 18.2 Å². The third-order valence-electron chi connectivity index (χ3n) is 2.49. The highest BCUT2D eigenvalue weighted by Gasteiger charge is 2.33. The van der Waals surface area contributed by atoms with Crippen molar-refractivity contribution in [2.45, 2.75) is 32.5 Å². The van der Waals surface area contributed by atoms with Crippen LogP contribution in [-0.4, -0.2) is 21.6 Å². The zero-order valence-corrected chi connectivity index (χ0v) is 12.2. The topological polar surface area (TPSA) is 64.1 Å². The fourth-order valence-electron chi connectivity index (χ4n) is 1.63. The van der Waals surface area contributed by atoms with Crippen molar-refractivity contribution in [3.8, 4) is 5.75 Å². The molecule has 1 N–H and O–H groups in total. The van der Waals surface area contributed by atoms with Crippen LogP contribution in [0.2, 0.25) is 0 Å². The number of alkyl halides is 3. The van der Waals surface area contributed by atoms with Crippen LogP contribution in [0.4, 0.5) is 18.0 Å². The molecule has 0 bridgehead atoms. The van der Waals surface area contributed by atoms with E-state index < -0.39 is 23.5 Å². The number of benzene rings is 1. The molecule has 1 aromatic carbocycles. The normalized spacial score (nSPS) is 12.3. The predicted molar refractivity (Wildman–Crippen MR) is 73.5 cm³/mol. The van der Waals surface area contributed by atoms with Gasteiger partial charge in [0.2, 0.25) is 0 Å². The average Bonchev–Trinajstić information content (AvgIpc) is 2.34. The molecule has 0 aliphatic rings. The number of amides is 1. The second kappa shape index (κ2) is 5.43. The van der Waals surface area contributed by atoms with Gasteiger partial charge in [-0.3, -0.25) is 4.98 Å². The van der Waals surface area contributed by atoms with Gasteiger partial charge in [0.05, 0.1) is 17.2 Å². The number of aromatic nitrogens is 2.